The number of likely N-dealkylation sites (tertiary alicyclic amines) is 1. The van der Waals surface area contributed by atoms with Gasteiger partial charge in [0.15, 0.2) is 0 Å². The molecule has 0 aliphatic carbocycles. The van der Waals surface area contributed by atoms with E-state index in [1.807, 2.05) is 6.92 Å². The van der Waals surface area contributed by atoms with E-state index in [0.717, 1.165) is 12.7 Å². The van der Waals surface area contributed by atoms with Crippen LogP contribution in [0.1, 0.15) is 40.0 Å². The highest BCUT2D eigenvalue weighted by molar-refractivity contribution is 5.84. The first-order valence-corrected chi connectivity index (χ1v) is 6.61. The predicted octanol–water partition coefficient (Wildman–Crippen LogP) is 1.09. The Labute approximate surface area is 113 Å². The van der Waals surface area contributed by atoms with Crippen molar-refractivity contribution in [3.63, 3.8) is 0 Å². The second-order valence-corrected chi connectivity index (χ2v) is 5.29. The summed E-state index contributed by atoms with van der Waals surface area (Å²) in [4.78, 5) is 35.6. The van der Waals surface area contributed by atoms with Gasteiger partial charge >= 0.3 is 6.09 Å². The number of aldehydes is 1. The van der Waals surface area contributed by atoms with Crippen LogP contribution in [-0.2, 0) is 14.3 Å². The lowest BCUT2D eigenvalue weighted by molar-refractivity contribution is -0.133. The van der Waals surface area contributed by atoms with Crippen molar-refractivity contribution in [2.75, 3.05) is 13.1 Å². The first kappa shape index (κ1) is 15.5. The van der Waals surface area contributed by atoms with Crippen LogP contribution >= 0.6 is 0 Å². The molecule has 1 fully saturated rings. The van der Waals surface area contributed by atoms with E-state index in [9.17, 15) is 14.4 Å². The van der Waals surface area contributed by atoms with Gasteiger partial charge in [-0.25, -0.2) is 4.79 Å². The number of hydrogen-bond donors (Lipinski definition) is 1. The number of nitrogens with one attached hydrogen (secondary N) is 1. The molecule has 0 radical (unpaired) electrons. The third-order valence-corrected chi connectivity index (χ3v) is 3.38. The number of alkyl carbamates (subject to hydrolysis) is 1. The van der Waals surface area contributed by atoms with Crippen LogP contribution in [0.25, 0.3) is 0 Å². The van der Waals surface area contributed by atoms with Crippen molar-refractivity contribution >= 4 is 18.3 Å². The SMILES string of the molecule is CCC(C)(C)OC(=O)NCC(=O)N1CCC[C@H]1C=O. The van der Waals surface area contributed by atoms with Crippen LogP contribution < -0.4 is 5.32 Å². The number of amides is 2. The molecule has 0 saturated carbocycles. The average molecular weight is 270 g/mol. The Morgan fingerprint density at radius 3 is 2.74 bits per heavy atom. The molecule has 108 valence electrons. The summed E-state index contributed by atoms with van der Waals surface area (Å²) in [6.45, 7) is 5.95. The van der Waals surface area contributed by atoms with Crippen molar-refractivity contribution in [2.45, 2.75) is 51.7 Å². The number of hydrogen-bond acceptors (Lipinski definition) is 4. The molecule has 0 aromatic carbocycles. The topological polar surface area (TPSA) is 75.7 Å². The zero-order valence-electron chi connectivity index (χ0n) is 11.8. The Morgan fingerprint density at radius 2 is 2.16 bits per heavy atom. The number of carbonyl (C=O) groups is 3. The van der Waals surface area contributed by atoms with Crippen molar-refractivity contribution in [2.24, 2.45) is 0 Å². The van der Waals surface area contributed by atoms with Crippen molar-refractivity contribution in [1.29, 1.82) is 0 Å². The minimum absolute atomic E-state index is 0.136. The number of ether oxygens (including phenoxy) is 1. The lowest BCUT2D eigenvalue weighted by Gasteiger charge is -2.24. The molecule has 2 amide bonds. The first-order chi connectivity index (χ1) is 8.89. The first-order valence-electron chi connectivity index (χ1n) is 6.61. The summed E-state index contributed by atoms with van der Waals surface area (Å²) in [5.41, 5.74) is -0.549. The highest BCUT2D eigenvalue weighted by Crippen LogP contribution is 2.15. The van der Waals surface area contributed by atoms with Crippen molar-refractivity contribution < 1.29 is 19.1 Å². The molecule has 0 aromatic heterocycles. The van der Waals surface area contributed by atoms with Crippen molar-refractivity contribution in [3.05, 3.63) is 0 Å². The van der Waals surface area contributed by atoms with Crippen LogP contribution in [-0.4, -0.2) is 47.9 Å². The van der Waals surface area contributed by atoms with Gasteiger partial charge in [-0.3, -0.25) is 4.79 Å². The highest BCUT2D eigenvalue weighted by atomic mass is 16.6. The van der Waals surface area contributed by atoms with Crippen LogP contribution in [0.2, 0.25) is 0 Å². The molecule has 1 aliphatic heterocycles. The molecule has 1 heterocycles. The monoisotopic (exact) mass is 270 g/mol. The average Bonchev–Trinajstić information content (AvgIpc) is 2.83. The van der Waals surface area contributed by atoms with E-state index in [1.54, 1.807) is 13.8 Å². The molecule has 0 unspecified atom stereocenters. The normalized spacial score (nSPS) is 19.1. The number of nitrogens with zero attached hydrogens (tertiary/aromatic N) is 1. The summed E-state index contributed by atoms with van der Waals surface area (Å²) in [5.74, 6) is -0.249. The van der Waals surface area contributed by atoms with Crippen LogP contribution in [0.5, 0.6) is 0 Å². The zero-order valence-corrected chi connectivity index (χ0v) is 11.8. The van der Waals surface area contributed by atoms with E-state index in [2.05, 4.69) is 5.32 Å². The molecule has 0 aromatic rings. The minimum Gasteiger partial charge on any atom is -0.444 e. The molecule has 1 atom stereocenters. The van der Waals surface area contributed by atoms with Gasteiger partial charge in [-0.05, 0) is 33.1 Å². The Morgan fingerprint density at radius 1 is 1.47 bits per heavy atom. The van der Waals surface area contributed by atoms with Crippen LogP contribution in [0.3, 0.4) is 0 Å². The molecule has 6 nitrogen and oxygen atoms in total. The molecule has 6 heteroatoms. The van der Waals surface area contributed by atoms with E-state index in [4.69, 9.17) is 4.74 Å². The Kier molecular flexibility index (Phi) is 5.32. The largest absolute Gasteiger partial charge is 0.444 e. The fraction of sp³-hybridized carbons (Fsp3) is 0.769. The third kappa shape index (κ3) is 4.54. The molecule has 1 N–H and O–H groups in total. The van der Waals surface area contributed by atoms with Crippen LogP contribution in [0.15, 0.2) is 0 Å². The van der Waals surface area contributed by atoms with E-state index in [1.165, 1.54) is 4.90 Å². The maximum absolute atomic E-state index is 11.9. The van der Waals surface area contributed by atoms with Gasteiger partial charge in [0, 0.05) is 6.54 Å². The van der Waals surface area contributed by atoms with Gasteiger partial charge < -0.3 is 19.7 Å². The Balaban J connectivity index is 2.38. The summed E-state index contributed by atoms with van der Waals surface area (Å²) in [7, 11) is 0. The van der Waals surface area contributed by atoms with E-state index in [0.29, 0.717) is 19.4 Å². The molecule has 1 aliphatic rings. The van der Waals surface area contributed by atoms with Gasteiger partial charge in [-0.1, -0.05) is 6.92 Å². The Bertz CT molecular complexity index is 355. The van der Waals surface area contributed by atoms with Crippen LogP contribution in [0, 0.1) is 0 Å². The fourth-order valence-electron chi connectivity index (χ4n) is 1.85. The van der Waals surface area contributed by atoms with Gasteiger partial charge in [0.25, 0.3) is 0 Å². The molecule has 1 rings (SSSR count). The molecule has 0 spiro atoms. The van der Waals surface area contributed by atoms with E-state index >= 15 is 0 Å². The van der Waals surface area contributed by atoms with Crippen LogP contribution in [0.4, 0.5) is 4.79 Å². The Hall–Kier alpha value is -1.59. The molecular formula is C13H22N2O4. The van der Waals surface area contributed by atoms with E-state index in [-0.39, 0.29) is 18.5 Å². The summed E-state index contributed by atoms with van der Waals surface area (Å²) < 4.78 is 5.16. The lowest BCUT2D eigenvalue weighted by atomic mass is 10.1. The number of carbonyl (C=O) groups excluding carboxylic acids is 3. The molecule has 1 saturated heterocycles. The quantitative estimate of drug-likeness (QED) is 0.759. The second-order valence-electron chi connectivity index (χ2n) is 5.29. The maximum Gasteiger partial charge on any atom is 0.408 e. The second kappa shape index (κ2) is 6.54. The number of rotatable bonds is 5. The standard InChI is InChI=1S/C13H22N2O4/c1-4-13(2,3)19-12(18)14-8-11(17)15-7-5-6-10(15)9-16/h9-10H,4-8H2,1-3H3,(H,14,18)/t10-/m0/s1. The van der Waals surface area contributed by atoms with Gasteiger partial charge in [0.05, 0.1) is 6.04 Å². The lowest BCUT2D eigenvalue weighted by Crippen LogP contribution is -2.44. The van der Waals surface area contributed by atoms with Gasteiger partial charge in [-0.15, -0.1) is 0 Å². The summed E-state index contributed by atoms with van der Waals surface area (Å²) >= 11 is 0. The highest BCUT2D eigenvalue weighted by Gasteiger charge is 2.28. The summed E-state index contributed by atoms with van der Waals surface area (Å²) in [5, 5.41) is 2.43. The smallest absolute Gasteiger partial charge is 0.408 e. The fourth-order valence-corrected chi connectivity index (χ4v) is 1.85. The van der Waals surface area contributed by atoms with Crippen molar-refractivity contribution in [3.8, 4) is 0 Å². The van der Waals surface area contributed by atoms with E-state index < -0.39 is 11.7 Å². The molecule has 0 bridgehead atoms. The maximum atomic E-state index is 11.9. The molecular weight excluding hydrogens is 248 g/mol. The third-order valence-electron chi connectivity index (χ3n) is 3.38. The van der Waals surface area contributed by atoms with Gasteiger partial charge in [0.2, 0.25) is 5.91 Å². The van der Waals surface area contributed by atoms with Gasteiger partial charge in [-0.2, -0.15) is 0 Å². The zero-order chi connectivity index (χ0) is 14.5. The summed E-state index contributed by atoms with van der Waals surface area (Å²) in [6, 6.07) is -0.350. The predicted molar refractivity (Wildman–Crippen MR) is 69.7 cm³/mol. The van der Waals surface area contributed by atoms with Gasteiger partial charge in [0.1, 0.15) is 18.4 Å². The molecule has 19 heavy (non-hydrogen) atoms. The minimum atomic E-state index is -0.609. The summed E-state index contributed by atoms with van der Waals surface area (Å²) in [6.07, 6.45) is 2.38. The van der Waals surface area contributed by atoms with Crippen molar-refractivity contribution in [1.82, 2.24) is 10.2 Å².